The molecule has 0 saturated heterocycles. The second kappa shape index (κ2) is 8.11. The van der Waals surface area contributed by atoms with E-state index in [1.165, 1.54) is 0 Å². The highest BCUT2D eigenvalue weighted by Crippen LogP contribution is 2.28. The molecule has 126 valence electrons. The Balaban J connectivity index is 1.71. The van der Waals surface area contributed by atoms with Crippen molar-refractivity contribution in [2.75, 3.05) is 17.6 Å². The number of nitrogens with one attached hydrogen (secondary N) is 1. The monoisotopic (exact) mass is 369 g/mol. The molecular formula is C19H16ClN3OS. The number of nitriles is 1. The van der Waals surface area contributed by atoms with Crippen molar-refractivity contribution in [1.82, 2.24) is 4.98 Å². The molecule has 4 nitrogen and oxygen atoms in total. The minimum atomic E-state index is -0.978. The number of aromatic nitrogens is 1. The zero-order valence-corrected chi connectivity index (χ0v) is 15.0. The Hall–Kier alpha value is -2.42. The average molecular weight is 370 g/mol. The van der Waals surface area contributed by atoms with E-state index in [2.05, 4.69) is 16.4 Å². The van der Waals surface area contributed by atoms with E-state index in [0.717, 1.165) is 16.5 Å². The Bertz CT molecular complexity index is 954. The number of halogens is 1. The van der Waals surface area contributed by atoms with Crippen molar-refractivity contribution in [2.24, 2.45) is 0 Å². The van der Waals surface area contributed by atoms with Crippen molar-refractivity contribution in [1.29, 1.82) is 5.26 Å². The first kappa shape index (κ1) is 17.4. The second-order valence-corrected chi connectivity index (χ2v) is 7.53. The van der Waals surface area contributed by atoms with Gasteiger partial charge < -0.3 is 5.32 Å². The van der Waals surface area contributed by atoms with Gasteiger partial charge in [-0.3, -0.25) is 9.19 Å². The Kier molecular flexibility index (Phi) is 5.64. The van der Waals surface area contributed by atoms with Gasteiger partial charge in [-0.1, -0.05) is 41.9 Å². The van der Waals surface area contributed by atoms with Crippen LogP contribution in [0.25, 0.3) is 10.9 Å². The number of benzene rings is 2. The van der Waals surface area contributed by atoms with Crippen LogP contribution >= 0.6 is 11.6 Å². The van der Waals surface area contributed by atoms with E-state index in [4.69, 9.17) is 11.6 Å². The minimum absolute atomic E-state index is 0.448. The van der Waals surface area contributed by atoms with Crippen molar-refractivity contribution >= 4 is 39.0 Å². The van der Waals surface area contributed by atoms with Crippen LogP contribution < -0.4 is 5.32 Å². The zero-order valence-electron chi connectivity index (χ0n) is 13.4. The third-order valence-corrected chi connectivity index (χ3v) is 5.30. The number of fused-ring (bicyclic) bond motifs is 1. The van der Waals surface area contributed by atoms with Crippen molar-refractivity contribution < 1.29 is 4.21 Å². The van der Waals surface area contributed by atoms with Gasteiger partial charge in [0, 0.05) is 45.5 Å². The Morgan fingerprint density at radius 2 is 2.00 bits per heavy atom. The van der Waals surface area contributed by atoms with Crippen LogP contribution in [0.15, 0.2) is 54.7 Å². The summed E-state index contributed by atoms with van der Waals surface area (Å²) < 4.78 is 12.2. The first-order chi connectivity index (χ1) is 12.2. The van der Waals surface area contributed by atoms with Crippen LogP contribution in [0.5, 0.6) is 0 Å². The lowest BCUT2D eigenvalue weighted by Gasteiger charge is -2.11. The molecule has 3 aromatic rings. The topological polar surface area (TPSA) is 65.8 Å². The molecule has 0 radical (unpaired) electrons. The van der Waals surface area contributed by atoms with Gasteiger partial charge >= 0.3 is 0 Å². The predicted molar refractivity (Wildman–Crippen MR) is 103 cm³/mol. The normalized spacial score (nSPS) is 11.8. The van der Waals surface area contributed by atoms with E-state index < -0.39 is 10.8 Å². The van der Waals surface area contributed by atoms with E-state index in [0.29, 0.717) is 34.3 Å². The molecule has 3 rings (SSSR count). The summed E-state index contributed by atoms with van der Waals surface area (Å²) >= 11 is 6.07. The van der Waals surface area contributed by atoms with Gasteiger partial charge in [0.05, 0.1) is 16.8 Å². The van der Waals surface area contributed by atoms with Crippen LogP contribution in [0.3, 0.4) is 0 Å². The van der Waals surface area contributed by atoms with Crippen molar-refractivity contribution in [2.45, 2.75) is 5.75 Å². The van der Waals surface area contributed by atoms with Crippen molar-refractivity contribution in [3.63, 3.8) is 0 Å². The van der Waals surface area contributed by atoms with Gasteiger partial charge in [0.2, 0.25) is 0 Å². The van der Waals surface area contributed by atoms with Crippen LogP contribution in [-0.4, -0.2) is 21.5 Å². The lowest BCUT2D eigenvalue weighted by Crippen LogP contribution is -2.13. The minimum Gasteiger partial charge on any atom is -0.382 e. The van der Waals surface area contributed by atoms with Crippen LogP contribution in [0.1, 0.15) is 11.1 Å². The van der Waals surface area contributed by atoms with Crippen LogP contribution in [0, 0.1) is 11.3 Å². The molecule has 0 spiro atoms. The van der Waals surface area contributed by atoms with E-state index in [9.17, 15) is 9.47 Å². The van der Waals surface area contributed by atoms with E-state index in [1.807, 2.05) is 36.4 Å². The predicted octanol–water partition coefficient (Wildman–Crippen LogP) is 4.12. The molecular weight excluding hydrogens is 354 g/mol. The van der Waals surface area contributed by atoms with Gasteiger partial charge in [-0.25, -0.2) is 0 Å². The Morgan fingerprint density at radius 1 is 1.20 bits per heavy atom. The number of hydrogen-bond acceptors (Lipinski definition) is 4. The fourth-order valence-corrected chi connectivity index (χ4v) is 3.77. The first-order valence-corrected chi connectivity index (χ1v) is 9.65. The van der Waals surface area contributed by atoms with Crippen LogP contribution in [-0.2, 0) is 16.6 Å². The number of pyridine rings is 1. The lowest BCUT2D eigenvalue weighted by atomic mass is 10.1. The van der Waals surface area contributed by atoms with Gasteiger partial charge in [0.15, 0.2) is 0 Å². The summed E-state index contributed by atoms with van der Waals surface area (Å²) in [6.07, 6.45) is 1.54. The summed E-state index contributed by atoms with van der Waals surface area (Å²) in [5, 5.41) is 13.9. The molecule has 1 atom stereocenters. The fourth-order valence-electron chi connectivity index (χ4n) is 2.56. The quantitative estimate of drug-likeness (QED) is 0.709. The molecule has 0 aliphatic heterocycles. The Labute approximate surface area is 153 Å². The highest BCUT2D eigenvalue weighted by atomic mass is 35.5. The molecule has 0 fully saturated rings. The number of anilines is 1. The summed E-state index contributed by atoms with van der Waals surface area (Å²) in [5.74, 6) is 1.01. The summed E-state index contributed by atoms with van der Waals surface area (Å²) in [7, 11) is -0.978. The molecule has 1 unspecified atom stereocenters. The second-order valence-electron chi connectivity index (χ2n) is 5.52. The van der Waals surface area contributed by atoms with Crippen LogP contribution in [0.2, 0.25) is 5.02 Å². The third-order valence-electron chi connectivity index (χ3n) is 3.75. The summed E-state index contributed by atoms with van der Waals surface area (Å²) in [4.78, 5) is 4.27. The van der Waals surface area contributed by atoms with Gasteiger partial charge in [0.1, 0.15) is 6.07 Å². The van der Waals surface area contributed by atoms with Gasteiger partial charge in [-0.15, -0.1) is 0 Å². The summed E-state index contributed by atoms with van der Waals surface area (Å²) in [6, 6.07) is 17.3. The van der Waals surface area contributed by atoms with E-state index in [1.54, 1.807) is 18.3 Å². The van der Waals surface area contributed by atoms with Gasteiger partial charge in [0.25, 0.3) is 0 Å². The maximum absolute atomic E-state index is 12.2. The molecule has 0 aliphatic carbocycles. The molecule has 2 aromatic carbocycles. The molecule has 0 amide bonds. The van der Waals surface area contributed by atoms with Crippen molar-refractivity contribution in [3.05, 3.63) is 70.9 Å². The maximum Gasteiger partial charge on any atom is 0.103 e. The summed E-state index contributed by atoms with van der Waals surface area (Å²) in [6.45, 7) is 0.500. The van der Waals surface area contributed by atoms with Gasteiger partial charge in [-0.05, 0) is 23.8 Å². The van der Waals surface area contributed by atoms with Gasteiger partial charge in [-0.2, -0.15) is 5.26 Å². The fraction of sp³-hybridized carbons (Fsp3) is 0.158. The number of hydrogen-bond donors (Lipinski definition) is 1. The average Bonchev–Trinajstić information content (AvgIpc) is 2.62. The summed E-state index contributed by atoms with van der Waals surface area (Å²) in [5.41, 5.74) is 2.95. The molecule has 0 bridgehead atoms. The third kappa shape index (κ3) is 4.36. The molecule has 1 aromatic heterocycles. The zero-order chi connectivity index (χ0) is 17.6. The molecule has 0 aliphatic rings. The first-order valence-electron chi connectivity index (χ1n) is 7.78. The Morgan fingerprint density at radius 3 is 2.76 bits per heavy atom. The maximum atomic E-state index is 12.2. The molecule has 6 heteroatoms. The number of rotatable bonds is 6. The van der Waals surface area contributed by atoms with Crippen molar-refractivity contribution in [3.8, 4) is 6.07 Å². The molecule has 25 heavy (non-hydrogen) atoms. The standard InChI is InChI=1S/C19H16ClN3OS/c20-16-6-7-18-17(10-16)19(15(11-21)12-23-18)22-8-9-25(24)13-14-4-2-1-3-5-14/h1-7,10,12H,8-9,13H2,(H,22,23). The molecule has 1 heterocycles. The smallest absolute Gasteiger partial charge is 0.103 e. The van der Waals surface area contributed by atoms with E-state index in [-0.39, 0.29) is 0 Å². The van der Waals surface area contributed by atoms with E-state index >= 15 is 0 Å². The van der Waals surface area contributed by atoms with Crippen LogP contribution in [0.4, 0.5) is 5.69 Å². The largest absolute Gasteiger partial charge is 0.382 e. The molecule has 0 saturated carbocycles. The SMILES string of the molecule is N#Cc1cnc2ccc(Cl)cc2c1NCCS(=O)Cc1ccccc1. The molecule has 1 N–H and O–H groups in total. The highest BCUT2D eigenvalue weighted by molar-refractivity contribution is 7.84. The highest BCUT2D eigenvalue weighted by Gasteiger charge is 2.10. The number of nitrogens with zero attached hydrogens (tertiary/aromatic N) is 2. The lowest BCUT2D eigenvalue weighted by molar-refractivity contribution is 0.682.